The monoisotopic (exact) mass is 369 g/mol. The number of ether oxygens (including phenoxy) is 2. The number of rotatable bonds is 6. The molecular formula is C21H23NO3S. The van der Waals surface area contributed by atoms with Gasteiger partial charge in [0.1, 0.15) is 11.5 Å². The highest BCUT2D eigenvalue weighted by molar-refractivity contribution is 8.01. The largest absolute Gasteiger partial charge is 0.497 e. The third-order valence-corrected chi connectivity index (χ3v) is 6.33. The van der Waals surface area contributed by atoms with E-state index in [4.69, 9.17) is 9.47 Å². The van der Waals surface area contributed by atoms with Gasteiger partial charge >= 0.3 is 0 Å². The van der Waals surface area contributed by atoms with Crippen molar-refractivity contribution in [2.75, 3.05) is 14.2 Å². The third-order valence-electron chi connectivity index (χ3n) is 5.02. The Kier molecular flexibility index (Phi) is 4.81. The molecule has 1 fully saturated rings. The number of carbonyl (C=O) groups excluding carboxylic acids is 1. The van der Waals surface area contributed by atoms with Crippen LogP contribution in [0.2, 0.25) is 0 Å². The van der Waals surface area contributed by atoms with Gasteiger partial charge in [0.25, 0.3) is 0 Å². The van der Waals surface area contributed by atoms with Crippen molar-refractivity contribution in [3.8, 4) is 11.5 Å². The maximum Gasteiger partial charge on any atom is 0.236 e. The molecule has 0 aromatic heterocycles. The van der Waals surface area contributed by atoms with Crippen LogP contribution in [0.25, 0.3) is 0 Å². The summed E-state index contributed by atoms with van der Waals surface area (Å²) in [6.07, 6.45) is 2.99. The van der Waals surface area contributed by atoms with Crippen molar-refractivity contribution in [2.24, 2.45) is 0 Å². The van der Waals surface area contributed by atoms with Crippen LogP contribution in [0.5, 0.6) is 11.5 Å². The Hall–Kier alpha value is -2.14. The molecule has 1 unspecified atom stereocenters. The average Bonchev–Trinajstić information content (AvgIpc) is 3.42. The van der Waals surface area contributed by atoms with Crippen LogP contribution in [0.1, 0.15) is 24.0 Å². The Morgan fingerprint density at radius 3 is 2.65 bits per heavy atom. The van der Waals surface area contributed by atoms with E-state index >= 15 is 0 Å². The maximum absolute atomic E-state index is 13.3. The second-order valence-electron chi connectivity index (χ2n) is 6.79. The summed E-state index contributed by atoms with van der Waals surface area (Å²) in [5.74, 6) is 1.82. The molecule has 1 amide bonds. The predicted octanol–water partition coefficient (Wildman–Crippen LogP) is 3.91. The molecule has 2 aliphatic rings. The fourth-order valence-electron chi connectivity index (χ4n) is 3.47. The first-order valence-electron chi connectivity index (χ1n) is 8.95. The first-order valence-corrected chi connectivity index (χ1v) is 9.83. The summed E-state index contributed by atoms with van der Waals surface area (Å²) >= 11 is 1.70. The molecule has 0 N–H and O–H groups in total. The van der Waals surface area contributed by atoms with Gasteiger partial charge in [0.2, 0.25) is 5.91 Å². The van der Waals surface area contributed by atoms with Crippen molar-refractivity contribution < 1.29 is 14.3 Å². The highest BCUT2D eigenvalue weighted by atomic mass is 32.2. The lowest BCUT2D eigenvalue weighted by molar-refractivity contribution is -0.131. The number of benzene rings is 2. The van der Waals surface area contributed by atoms with Gasteiger partial charge in [-0.3, -0.25) is 4.79 Å². The molecule has 26 heavy (non-hydrogen) atoms. The Bertz CT molecular complexity index is 794. The van der Waals surface area contributed by atoms with Gasteiger partial charge in [-0.1, -0.05) is 18.2 Å². The standard InChI is InChI=1S/C21H23NO3S/c1-24-17-9-10-18(25-2)15(11-17)13-22(16-7-8-16)21(23)20-12-14-5-3-4-6-19(14)26-20/h3-6,9-11,16,20H,7-8,12-13H2,1-2H3. The summed E-state index contributed by atoms with van der Waals surface area (Å²) in [7, 11) is 3.32. The van der Waals surface area contributed by atoms with E-state index in [1.165, 1.54) is 10.5 Å². The molecule has 1 atom stereocenters. The van der Waals surface area contributed by atoms with E-state index in [0.29, 0.717) is 12.6 Å². The minimum atomic E-state index is -0.0235. The van der Waals surface area contributed by atoms with E-state index in [1.807, 2.05) is 35.2 Å². The molecule has 0 spiro atoms. The average molecular weight is 369 g/mol. The maximum atomic E-state index is 13.3. The van der Waals surface area contributed by atoms with E-state index in [0.717, 1.165) is 36.3 Å². The number of carbonyl (C=O) groups is 1. The molecule has 0 bridgehead atoms. The van der Waals surface area contributed by atoms with Gasteiger partial charge in [0, 0.05) is 23.0 Å². The summed E-state index contributed by atoms with van der Waals surface area (Å²) < 4.78 is 10.9. The third kappa shape index (κ3) is 3.40. The van der Waals surface area contributed by atoms with Crippen molar-refractivity contribution in [1.29, 1.82) is 0 Å². The molecule has 5 heteroatoms. The van der Waals surface area contributed by atoms with Gasteiger partial charge in [-0.25, -0.2) is 0 Å². The van der Waals surface area contributed by atoms with E-state index in [9.17, 15) is 4.79 Å². The quantitative estimate of drug-likeness (QED) is 0.774. The number of thioether (sulfide) groups is 1. The summed E-state index contributed by atoms with van der Waals surface area (Å²) in [5, 5.41) is -0.0235. The van der Waals surface area contributed by atoms with Crippen LogP contribution < -0.4 is 9.47 Å². The smallest absolute Gasteiger partial charge is 0.236 e. The number of hydrogen-bond acceptors (Lipinski definition) is 4. The molecule has 2 aromatic rings. The molecule has 1 heterocycles. The molecule has 4 rings (SSSR count). The van der Waals surface area contributed by atoms with Gasteiger partial charge in [0.15, 0.2) is 0 Å². The lowest BCUT2D eigenvalue weighted by Gasteiger charge is -2.26. The number of methoxy groups -OCH3 is 2. The van der Waals surface area contributed by atoms with Crippen LogP contribution in [-0.4, -0.2) is 36.3 Å². The molecule has 136 valence electrons. The number of hydrogen-bond donors (Lipinski definition) is 0. The zero-order valence-corrected chi connectivity index (χ0v) is 15.9. The molecular weight excluding hydrogens is 346 g/mol. The first-order chi connectivity index (χ1) is 12.7. The zero-order valence-electron chi connectivity index (χ0n) is 15.1. The number of nitrogens with zero attached hydrogens (tertiary/aromatic N) is 1. The molecule has 2 aromatic carbocycles. The molecule has 1 aliphatic carbocycles. The lowest BCUT2D eigenvalue weighted by Crippen LogP contribution is -2.38. The second-order valence-corrected chi connectivity index (χ2v) is 8.04. The second kappa shape index (κ2) is 7.23. The Balaban J connectivity index is 1.55. The fraction of sp³-hybridized carbons (Fsp3) is 0.381. The van der Waals surface area contributed by atoms with Crippen LogP contribution in [0.15, 0.2) is 47.4 Å². The summed E-state index contributed by atoms with van der Waals surface area (Å²) in [5.41, 5.74) is 2.28. The van der Waals surface area contributed by atoms with Crippen molar-refractivity contribution in [1.82, 2.24) is 4.90 Å². The summed E-state index contributed by atoms with van der Waals surface area (Å²) in [6.45, 7) is 0.567. The van der Waals surface area contributed by atoms with Crippen LogP contribution in [0, 0.1) is 0 Å². The van der Waals surface area contributed by atoms with Crippen molar-refractivity contribution in [3.63, 3.8) is 0 Å². The van der Waals surface area contributed by atoms with Crippen molar-refractivity contribution in [2.45, 2.75) is 42.0 Å². The number of amides is 1. The Morgan fingerprint density at radius 1 is 1.15 bits per heavy atom. The van der Waals surface area contributed by atoms with E-state index < -0.39 is 0 Å². The van der Waals surface area contributed by atoms with Gasteiger partial charge in [-0.15, -0.1) is 11.8 Å². The van der Waals surface area contributed by atoms with E-state index in [1.54, 1.807) is 26.0 Å². The molecule has 1 aliphatic heterocycles. The van der Waals surface area contributed by atoms with Gasteiger partial charge in [0.05, 0.1) is 19.5 Å². The van der Waals surface area contributed by atoms with E-state index in [2.05, 4.69) is 12.1 Å². The van der Waals surface area contributed by atoms with Gasteiger partial charge in [-0.05, 0) is 49.1 Å². The van der Waals surface area contributed by atoms with Gasteiger partial charge in [-0.2, -0.15) is 0 Å². The van der Waals surface area contributed by atoms with Crippen molar-refractivity contribution in [3.05, 3.63) is 53.6 Å². The molecule has 1 saturated carbocycles. The first kappa shape index (κ1) is 17.3. The SMILES string of the molecule is COc1ccc(OC)c(CN(C(=O)C2Cc3ccccc3S2)C2CC2)c1. The lowest BCUT2D eigenvalue weighted by atomic mass is 10.1. The number of fused-ring (bicyclic) bond motifs is 1. The predicted molar refractivity (Wildman–Crippen MR) is 103 cm³/mol. The van der Waals surface area contributed by atoms with Crippen LogP contribution in [0.4, 0.5) is 0 Å². The van der Waals surface area contributed by atoms with Crippen LogP contribution >= 0.6 is 11.8 Å². The normalized spacial score (nSPS) is 18.3. The topological polar surface area (TPSA) is 38.8 Å². The Labute approximate surface area is 158 Å². The summed E-state index contributed by atoms with van der Waals surface area (Å²) in [6, 6.07) is 14.4. The molecule has 0 saturated heterocycles. The highest BCUT2D eigenvalue weighted by Crippen LogP contribution is 2.40. The van der Waals surface area contributed by atoms with Crippen LogP contribution in [-0.2, 0) is 17.8 Å². The minimum absolute atomic E-state index is 0.0235. The van der Waals surface area contributed by atoms with E-state index in [-0.39, 0.29) is 11.2 Å². The molecule has 0 radical (unpaired) electrons. The minimum Gasteiger partial charge on any atom is -0.497 e. The van der Waals surface area contributed by atoms with Gasteiger partial charge < -0.3 is 14.4 Å². The Morgan fingerprint density at radius 2 is 1.96 bits per heavy atom. The molecule has 4 nitrogen and oxygen atoms in total. The van der Waals surface area contributed by atoms with Crippen LogP contribution in [0.3, 0.4) is 0 Å². The zero-order chi connectivity index (χ0) is 18.1. The highest BCUT2D eigenvalue weighted by Gasteiger charge is 2.38. The summed E-state index contributed by atoms with van der Waals surface area (Å²) in [4.78, 5) is 16.6. The fourth-order valence-corrected chi connectivity index (χ4v) is 4.73. The van der Waals surface area contributed by atoms with Crippen molar-refractivity contribution >= 4 is 17.7 Å².